The first-order valence-electron chi connectivity index (χ1n) is 10.5. The van der Waals surface area contributed by atoms with Gasteiger partial charge in [-0.2, -0.15) is 13.2 Å². The number of pyridine rings is 1. The zero-order valence-corrected chi connectivity index (χ0v) is 18.1. The number of carbonyl (C=O) groups excluding carboxylic acids is 1. The van der Waals surface area contributed by atoms with Crippen molar-refractivity contribution in [2.75, 3.05) is 18.4 Å². The van der Waals surface area contributed by atoms with Crippen molar-refractivity contribution in [3.05, 3.63) is 58.5 Å². The normalized spacial score (nSPS) is 15.2. The summed E-state index contributed by atoms with van der Waals surface area (Å²) in [6, 6.07) is 5.39. The predicted molar refractivity (Wildman–Crippen MR) is 115 cm³/mol. The van der Waals surface area contributed by atoms with E-state index in [2.05, 4.69) is 20.3 Å². The van der Waals surface area contributed by atoms with E-state index in [1.165, 1.54) is 19.2 Å². The number of aryl methyl sites for hydroxylation is 1. The van der Waals surface area contributed by atoms with Gasteiger partial charge in [0.1, 0.15) is 11.6 Å². The average molecular weight is 443 g/mol. The third-order valence-electron chi connectivity index (χ3n) is 5.80. The summed E-state index contributed by atoms with van der Waals surface area (Å²) < 4.78 is 40.0. The Kier molecular flexibility index (Phi) is 5.75. The van der Waals surface area contributed by atoms with Crippen LogP contribution in [0.2, 0.25) is 0 Å². The van der Waals surface area contributed by atoms with Gasteiger partial charge in [0.2, 0.25) is 0 Å². The van der Waals surface area contributed by atoms with Crippen LogP contribution >= 0.6 is 0 Å². The number of amides is 1. The first kappa shape index (κ1) is 22.0. The molecular weight excluding hydrogens is 419 g/mol. The summed E-state index contributed by atoms with van der Waals surface area (Å²) in [4.78, 5) is 27.7. The molecule has 4 rings (SSSR count). The van der Waals surface area contributed by atoms with Crippen molar-refractivity contribution in [3.8, 4) is 0 Å². The molecule has 1 aliphatic rings. The third-order valence-corrected chi connectivity index (χ3v) is 5.80. The molecular formula is C23H24F3N5O. The van der Waals surface area contributed by atoms with E-state index >= 15 is 0 Å². The Morgan fingerprint density at radius 1 is 1.16 bits per heavy atom. The van der Waals surface area contributed by atoms with Crippen LogP contribution in [0.4, 0.5) is 19.0 Å². The van der Waals surface area contributed by atoms with Gasteiger partial charge >= 0.3 is 6.18 Å². The Labute approximate surface area is 183 Å². The number of hydrogen-bond acceptors (Lipinski definition) is 5. The third kappa shape index (κ3) is 4.24. The van der Waals surface area contributed by atoms with Crippen LogP contribution in [-0.4, -0.2) is 38.8 Å². The number of fused-ring (bicyclic) bond motifs is 1. The molecule has 0 radical (unpaired) electrons. The SMILES string of the molecule is Cc1nc(N[C@H](C)c2cccc(C(F)(F)F)c2C)c2cc(C(=O)N3CCCC3)cnc2n1. The number of nitrogens with zero attached hydrogens (tertiary/aromatic N) is 4. The van der Waals surface area contributed by atoms with Crippen molar-refractivity contribution >= 4 is 22.8 Å². The molecule has 3 aromatic rings. The summed E-state index contributed by atoms with van der Waals surface area (Å²) in [6.45, 7) is 6.40. The van der Waals surface area contributed by atoms with Gasteiger partial charge in [-0.05, 0) is 56.9 Å². The number of likely N-dealkylation sites (tertiary alicyclic amines) is 1. The molecule has 0 unspecified atom stereocenters. The second-order valence-electron chi connectivity index (χ2n) is 8.10. The standard InChI is InChI=1S/C23H24F3N5O/c1-13-17(7-6-8-19(13)23(24,25)26)14(2)28-21-18-11-16(22(32)31-9-4-5-10-31)12-27-20(18)29-15(3)30-21/h6-8,11-12,14H,4-5,9-10H2,1-3H3,(H,27,28,29,30)/t14-/m1/s1. The van der Waals surface area contributed by atoms with E-state index in [0.717, 1.165) is 32.0 Å². The molecule has 1 fully saturated rings. The fourth-order valence-corrected chi connectivity index (χ4v) is 4.16. The maximum Gasteiger partial charge on any atom is 0.416 e. The second-order valence-corrected chi connectivity index (χ2v) is 8.10. The van der Waals surface area contributed by atoms with Gasteiger partial charge in [0.15, 0.2) is 5.65 Å². The highest BCUT2D eigenvalue weighted by atomic mass is 19.4. The second kappa shape index (κ2) is 8.37. The van der Waals surface area contributed by atoms with Gasteiger partial charge in [0, 0.05) is 19.3 Å². The fourth-order valence-electron chi connectivity index (χ4n) is 4.16. The highest BCUT2D eigenvalue weighted by molar-refractivity contribution is 5.99. The maximum atomic E-state index is 13.3. The van der Waals surface area contributed by atoms with Crippen LogP contribution in [0.3, 0.4) is 0 Å². The van der Waals surface area contributed by atoms with Gasteiger partial charge in [-0.15, -0.1) is 0 Å². The number of rotatable bonds is 4. The molecule has 0 saturated carbocycles. The van der Waals surface area contributed by atoms with E-state index in [9.17, 15) is 18.0 Å². The van der Waals surface area contributed by atoms with Gasteiger partial charge in [0.05, 0.1) is 22.6 Å². The predicted octanol–water partition coefficient (Wildman–Crippen LogP) is 5.07. The van der Waals surface area contributed by atoms with Crippen LogP contribution in [0.25, 0.3) is 11.0 Å². The molecule has 2 aromatic heterocycles. The van der Waals surface area contributed by atoms with E-state index in [1.54, 1.807) is 30.9 Å². The number of nitrogens with one attached hydrogen (secondary N) is 1. The Morgan fingerprint density at radius 2 is 1.88 bits per heavy atom. The number of hydrogen-bond donors (Lipinski definition) is 1. The summed E-state index contributed by atoms with van der Waals surface area (Å²) in [6.07, 6.45) is -0.947. The quantitative estimate of drug-likeness (QED) is 0.610. The van der Waals surface area contributed by atoms with Crippen molar-refractivity contribution in [3.63, 3.8) is 0 Å². The Hall–Kier alpha value is -3.23. The Bertz CT molecular complexity index is 1170. The molecule has 0 bridgehead atoms. The lowest BCUT2D eigenvalue weighted by atomic mass is 9.97. The molecule has 6 nitrogen and oxygen atoms in total. The molecule has 0 aliphatic carbocycles. The highest BCUT2D eigenvalue weighted by Gasteiger charge is 2.33. The summed E-state index contributed by atoms with van der Waals surface area (Å²) in [5.41, 5.74) is 0.885. The molecule has 1 aromatic carbocycles. The number of benzene rings is 1. The van der Waals surface area contributed by atoms with Crippen LogP contribution in [0, 0.1) is 13.8 Å². The lowest BCUT2D eigenvalue weighted by molar-refractivity contribution is -0.138. The fraction of sp³-hybridized carbons (Fsp3) is 0.391. The van der Waals surface area contributed by atoms with Crippen LogP contribution in [-0.2, 0) is 6.18 Å². The van der Waals surface area contributed by atoms with E-state index in [4.69, 9.17) is 0 Å². The minimum Gasteiger partial charge on any atom is -0.363 e. The van der Waals surface area contributed by atoms with Crippen LogP contribution < -0.4 is 5.32 Å². The number of alkyl halides is 3. The minimum absolute atomic E-state index is 0.0924. The van der Waals surface area contributed by atoms with E-state index in [1.807, 2.05) is 0 Å². The van der Waals surface area contributed by atoms with Crippen molar-refractivity contribution in [2.24, 2.45) is 0 Å². The lowest BCUT2D eigenvalue weighted by Crippen LogP contribution is -2.27. The molecule has 1 aliphatic heterocycles. The average Bonchev–Trinajstić information content (AvgIpc) is 3.27. The van der Waals surface area contributed by atoms with Gasteiger partial charge in [-0.1, -0.05) is 12.1 Å². The number of anilines is 1. The van der Waals surface area contributed by atoms with Gasteiger partial charge in [0.25, 0.3) is 5.91 Å². The lowest BCUT2D eigenvalue weighted by Gasteiger charge is -2.21. The largest absolute Gasteiger partial charge is 0.416 e. The molecule has 1 saturated heterocycles. The monoisotopic (exact) mass is 443 g/mol. The van der Waals surface area contributed by atoms with E-state index in [0.29, 0.717) is 33.8 Å². The number of aromatic nitrogens is 3. The first-order valence-corrected chi connectivity index (χ1v) is 10.5. The molecule has 1 N–H and O–H groups in total. The maximum absolute atomic E-state index is 13.3. The van der Waals surface area contributed by atoms with Gasteiger partial charge < -0.3 is 10.2 Å². The minimum atomic E-state index is -4.42. The van der Waals surface area contributed by atoms with Crippen LogP contribution in [0.5, 0.6) is 0 Å². The Balaban J connectivity index is 1.71. The zero-order valence-electron chi connectivity index (χ0n) is 18.1. The van der Waals surface area contributed by atoms with Crippen molar-refractivity contribution < 1.29 is 18.0 Å². The molecule has 168 valence electrons. The highest BCUT2D eigenvalue weighted by Crippen LogP contribution is 2.35. The smallest absolute Gasteiger partial charge is 0.363 e. The summed E-state index contributed by atoms with van der Waals surface area (Å²) in [5, 5.41) is 3.77. The van der Waals surface area contributed by atoms with E-state index in [-0.39, 0.29) is 11.5 Å². The summed E-state index contributed by atoms with van der Waals surface area (Å²) in [5.74, 6) is 0.810. The van der Waals surface area contributed by atoms with Crippen LogP contribution in [0.15, 0.2) is 30.5 Å². The molecule has 1 atom stereocenters. The van der Waals surface area contributed by atoms with Crippen molar-refractivity contribution in [1.82, 2.24) is 19.9 Å². The Morgan fingerprint density at radius 3 is 2.56 bits per heavy atom. The molecule has 1 amide bonds. The molecule has 9 heteroatoms. The summed E-state index contributed by atoms with van der Waals surface area (Å²) in [7, 11) is 0. The molecule has 0 spiro atoms. The van der Waals surface area contributed by atoms with Crippen molar-refractivity contribution in [1.29, 1.82) is 0 Å². The molecule has 3 heterocycles. The van der Waals surface area contributed by atoms with E-state index < -0.39 is 17.8 Å². The number of halogens is 3. The molecule has 32 heavy (non-hydrogen) atoms. The van der Waals surface area contributed by atoms with Crippen LogP contribution in [0.1, 0.15) is 58.7 Å². The number of carbonyl (C=O) groups is 1. The van der Waals surface area contributed by atoms with Gasteiger partial charge in [-0.3, -0.25) is 4.79 Å². The van der Waals surface area contributed by atoms with Crippen molar-refractivity contribution in [2.45, 2.75) is 45.8 Å². The summed E-state index contributed by atoms with van der Waals surface area (Å²) >= 11 is 0. The van der Waals surface area contributed by atoms with Gasteiger partial charge in [-0.25, -0.2) is 15.0 Å². The first-order chi connectivity index (χ1) is 15.1. The topological polar surface area (TPSA) is 71.0 Å². The zero-order chi connectivity index (χ0) is 23.0.